The van der Waals surface area contributed by atoms with Crippen LogP contribution in [0.3, 0.4) is 0 Å². The van der Waals surface area contributed by atoms with E-state index < -0.39 is 6.04 Å². The van der Waals surface area contributed by atoms with Gasteiger partial charge < -0.3 is 10.6 Å². The van der Waals surface area contributed by atoms with E-state index in [9.17, 15) is 9.18 Å². The quantitative estimate of drug-likeness (QED) is 0.931. The Hall–Kier alpha value is -1.42. The molecule has 1 aromatic rings. The first-order chi connectivity index (χ1) is 9.77. The van der Waals surface area contributed by atoms with Gasteiger partial charge in [-0.25, -0.2) is 4.39 Å². The first-order valence-corrected chi connectivity index (χ1v) is 7.56. The molecular formula is C17H25FN2O. The number of likely N-dealkylation sites (tertiary alicyclic amines) is 1. The summed E-state index contributed by atoms with van der Waals surface area (Å²) in [5.74, 6) is 0.272. The zero-order chi connectivity index (χ0) is 15.6. The molecular weight excluding hydrogens is 267 g/mol. The summed E-state index contributed by atoms with van der Waals surface area (Å²) in [6, 6.07) is 6.16. The number of nitrogens with two attached hydrogens (primary N) is 1. The fourth-order valence-electron chi connectivity index (χ4n) is 2.72. The third-order valence-electron chi connectivity index (χ3n) is 4.23. The van der Waals surface area contributed by atoms with Gasteiger partial charge in [-0.15, -0.1) is 0 Å². The molecule has 0 saturated carbocycles. The van der Waals surface area contributed by atoms with Crippen molar-refractivity contribution in [3.8, 4) is 0 Å². The van der Waals surface area contributed by atoms with Crippen molar-refractivity contribution in [1.82, 2.24) is 4.90 Å². The standard InChI is InChI=1S/C17H25FN2O/c1-17(2,3)15(19)16(21)20-9-8-13(11-20)10-12-4-6-14(18)7-5-12/h4-7,13,15H,8-11,19H2,1-3H3/t13?,15-/m1/s1. The fraction of sp³-hybridized carbons (Fsp3) is 0.588. The van der Waals surface area contributed by atoms with Gasteiger partial charge in [-0.2, -0.15) is 0 Å². The monoisotopic (exact) mass is 292 g/mol. The number of carbonyl (C=O) groups excluding carboxylic acids is 1. The van der Waals surface area contributed by atoms with Crippen LogP contribution in [0.25, 0.3) is 0 Å². The molecule has 2 rings (SSSR count). The Morgan fingerprint density at radius 1 is 1.38 bits per heavy atom. The fourth-order valence-corrected chi connectivity index (χ4v) is 2.72. The summed E-state index contributed by atoms with van der Waals surface area (Å²) in [7, 11) is 0. The zero-order valence-corrected chi connectivity index (χ0v) is 13.1. The smallest absolute Gasteiger partial charge is 0.240 e. The van der Waals surface area contributed by atoms with Gasteiger partial charge in [0.05, 0.1) is 6.04 Å². The third-order valence-corrected chi connectivity index (χ3v) is 4.23. The predicted octanol–water partition coefficient (Wildman–Crippen LogP) is 2.59. The first-order valence-electron chi connectivity index (χ1n) is 7.56. The van der Waals surface area contributed by atoms with Crippen LogP contribution in [0.2, 0.25) is 0 Å². The van der Waals surface area contributed by atoms with Crippen molar-refractivity contribution >= 4 is 5.91 Å². The van der Waals surface area contributed by atoms with Crippen molar-refractivity contribution in [1.29, 1.82) is 0 Å². The topological polar surface area (TPSA) is 46.3 Å². The van der Waals surface area contributed by atoms with Gasteiger partial charge in [0.25, 0.3) is 0 Å². The second kappa shape index (κ2) is 6.14. The predicted molar refractivity (Wildman–Crippen MR) is 82.2 cm³/mol. The van der Waals surface area contributed by atoms with Gasteiger partial charge in [-0.3, -0.25) is 4.79 Å². The highest BCUT2D eigenvalue weighted by Gasteiger charge is 2.34. The van der Waals surface area contributed by atoms with Crippen LogP contribution < -0.4 is 5.73 Å². The lowest BCUT2D eigenvalue weighted by atomic mass is 9.86. The van der Waals surface area contributed by atoms with Crippen LogP contribution in [0.5, 0.6) is 0 Å². The molecule has 0 aromatic heterocycles. The maximum absolute atomic E-state index is 12.9. The number of hydrogen-bond donors (Lipinski definition) is 1. The Morgan fingerprint density at radius 3 is 2.57 bits per heavy atom. The minimum Gasteiger partial charge on any atom is -0.341 e. The van der Waals surface area contributed by atoms with Crippen LogP contribution in [0, 0.1) is 17.2 Å². The van der Waals surface area contributed by atoms with E-state index in [1.54, 1.807) is 0 Å². The summed E-state index contributed by atoms with van der Waals surface area (Å²) >= 11 is 0. The molecule has 0 radical (unpaired) electrons. The second-order valence-corrected chi connectivity index (χ2v) is 7.11. The molecule has 1 aliphatic heterocycles. The number of benzene rings is 1. The van der Waals surface area contributed by atoms with Gasteiger partial charge in [0, 0.05) is 13.1 Å². The van der Waals surface area contributed by atoms with Crippen LogP contribution in [-0.2, 0) is 11.2 Å². The largest absolute Gasteiger partial charge is 0.341 e. The molecule has 2 atom stereocenters. The number of rotatable bonds is 3. The van der Waals surface area contributed by atoms with Gasteiger partial charge in [-0.1, -0.05) is 32.9 Å². The van der Waals surface area contributed by atoms with E-state index in [-0.39, 0.29) is 17.1 Å². The van der Waals surface area contributed by atoms with Crippen LogP contribution in [0.4, 0.5) is 4.39 Å². The van der Waals surface area contributed by atoms with Gasteiger partial charge >= 0.3 is 0 Å². The van der Waals surface area contributed by atoms with Crippen molar-refractivity contribution in [3.63, 3.8) is 0 Å². The summed E-state index contributed by atoms with van der Waals surface area (Å²) < 4.78 is 12.9. The van der Waals surface area contributed by atoms with E-state index in [1.165, 1.54) is 12.1 Å². The van der Waals surface area contributed by atoms with Crippen molar-refractivity contribution in [3.05, 3.63) is 35.6 Å². The summed E-state index contributed by atoms with van der Waals surface area (Å²) in [6.45, 7) is 7.49. The van der Waals surface area contributed by atoms with E-state index in [0.717, 1.165) is 31.5 Å². The SMILES string of the molecule is CC(C)(C)[C@H](N)C(=O)N1CCC(Cc2ccc(F)cc2)C1. The molecule has 2 N–H and O–H groups in total. The second-order valence-electron chi connectivity index (χ2n) is 7.11. The van der Waals surface area contributed by atoms with Crippen LogP contribution in [0.15, 0.2) is 24.3 Å². The lowest BCUT2D eigenvalue weighted by Crippen LogP contribution is -2.49. The van der Waals surface area contributed by atoms with E-state index in [0.29, 0.717) is 5.92 Å². The summed E-state index contributed by atoms with van der Waals surface area (Å²) in [6.07, 6.45) is 1.87. The maximum atomic E-state index is 12.9. The molecule has 3 nitrogen and oxygen atoms in total. The summed E-state index contributed by atoms with van der Waals surface area (Å²) in [5.41, 5.74) is 6.96. The van der Waals surface area contributed by atoms with Gasteiger partial charge in [0.2, 0.25) is 5.91 Å². The zero-order valence-electron chi connectivity index (χ0n) is 13.1. The number of amides is 1. The molecule has 0 spiro atoms. The normalized spacial score (nSPS) is 20.6. The molecule has 1 aliphatic rings. The molecule has 4 heteroatoms. The van der Waals surface area contributed by atoms with Crippen LogP contribution in [-0.4, -0.2) is 29.9 Å². The highest BCUT2D eigenvalue weighted by molar-refractivity contribution is 5.82. The molecule has 0 bridgehead atoms. The van der Waals surface area contributed by atoms with Gasteiger partial charge in [-0.05, 0) is 41.9 Å². The van der Waals surface area contributed by atoms with Crippen molar-refractivity contribution in [2.24, 2.45) is 17.1 Å². The highest BCUT2D eigenvalue weighted by atomic mass is 19.1. The number of nitrogens with zero attached hydrogens (tertiary/aromatic N) is 1. The summed E-state index contributed by atoms with van der Waals surface area (Å²) in [4.78, 5) is 14.3. The van der Waals surface area contributed by atoms with Crippen molar-refractivity contribution in [2.75, 3.05) is 13.1 Å². The average molecular weight is 292 g/mol. The number of carbonyl (C=O) groups is 1. The molecule has 1 unspecified atom stereocenters. The van der Waals surface area contributed by atoms with E-state index in [4.69, 9.17) is 5.73 Å². The molecule has 1 fully saturated rings. The summed E-state index contributed by atoms with van der Waals surface area (Å²) in [5, 5.41) is 0. The minimum absolute atomic E-state index is 0.0455. The van der Waals surface area contributed by atoms with E-state index in [1.807, 2.05) is 37.8 Å². The van der Waals surface area contributed by atoms with E-state index >= 15 is 0 Å². The van der Waals surface area contributed by atoms with Crippen LogP contribution >= 0.6 is 0 Å². The molecule has 1 amide bonds. The molecule has 1 heterocycles. The lowest BCUT2D eigenvalue weighted by molar-refractivity contribution is -0.134. The molecule has 1 aromatic carbocycles. The Morgan fingerprint density at radius 2 is 2.00 bits per heavy atom. The number of hydrogen-bond acceptors (Lipinski definition) is 2. The van der Waals surface area contributed by atoms with Crippen molar-refractivity contribution < 1.29 is 9.18 Å². The molecule has 116 valence electrons. The molecule has 0 aliphatic carbocycles. The molecule has 1 saturated heterocycles. The van der Waals surface area contributed by atoms with Gasteiger partial charge in [0.15, 0.2) is 0 Å². The highest BCUT2D eigenvalue weighted by Crippen LogP contribution is 2.25. The molecule has 21 heavy (non-hydrogen) atoms. The van der Waals surface area contributed by atoms with Crippen LogP contribution in [0.1, 0.15) is 32.8 Å². The average Bonchev–Trinajstić information content (AvgIpc) is 2.87. The Bertz CT molecular complexity index is 493. The maximum Gasteiger partial charge on any atom is 0.240 e. The van der Waals surface area contributed by atoms with Gasteiger partial charge in [0.1, 0.15) is 5.82 Å². The Kier molecular flexibility index (Phi) is 4.67. The minimum atomic E-state index is -0.456. The Balaban J connectivity index is 1.91. The first kappa shape index (κ1) is 16.0. The number of halogens is 1. The Labute approximate surface area is 126 Å². The van der Waals surface area contributed by atoms with E-state index in [2.05, 4.69) is 0 Å². The lowest BCUT2D eigenvalue weighted by Gasteiger charge is -2.30. The third kappa shape index (κ3) is 4.03. The van der Waals surface area contributed by atoms with Crippen molar-refractivity contribution in [2.45, 2.75) is 39.7 Å².